The molecule has 1 spiro atoms. The van der Waals surface area contributed by atoms with Crippen LogP contribution in [0.15, 0.2) is 54.6 Å². The molecule has 3 amide bonds. The fourth-order valence-electron chi connectivity index (χ4n) is 5.19. The first-order valence-electron chi connectivity index (χ1n) is 12.8. The smallest absolute Gasteiger partial charge is 0.328 e. The average molecular weight is 508 g/mol. The van der Waals surface area contributed by atoms with Gasteiger partial charge in [-0.25, -0.2) is 4.79 Å². The molecule has 0 bridgehead atoms. The summed E-state index contributed by atoms with van der Waals surface area (Å²) in [4.78, 5) is 32.7. The number of urea groups is 1. The van der Waals surface area contributed by atoms with E-state index in [1.165, 1.54) is 4.90 Å². The number of nitrogens with zero attached hydrogens (tertiary/aromatic N) is 3. The Labute approximate surface area is 219 Å². The van der Waals surface area contributed by atoms with E-state index >= 15 is 0 Å². The number of hydrogen-bond donors (Lipinski definition) is 0. The highest BCUT2D eigenvalue weighted by molar-refractivity contribution is 6.07. The summed E-state index contributed by atoms with van der Waals surface area (Å²) in [5.74, 6) is 1.45. The lowest BCUT2D eigenvalue weighted by Crippen LogP contribution is -2.57. The van der Waals surface area contributed by atoms with Crippen LogP contribution in [0.3, 0.4) is 0 Å². The Morgan fingerprint density at radius 1 is 0.919 bits per heavy atom. The lowest BCUT2D eigenvalue weighted by atomic mass is 9.85. The normalized spacial score (nSPS) is 17.8. The molecule has 2 aromatic carbocycles. The molecule has 2 aliphatic rings. The molecule has 0 unspecified atom stereocenters. The summed E-state index contributed by atoms with van der Waals surface area (Å²) in [7, 11) is 4.89. The predicted molar refractivity (Wildman–Crippen MR) is 143 cm³/mol. The monoisotopic (exact) mass is 507 g/mol. The molecule has 0 N–H and O–H groups in total. The van der Waals surface area contributed by atoms with Crippen LogP contribution in [0, 0.1) is 0 Å². The summed E-state index contributed by atoms with van der Waals surface area (Å²) < 4.78 is 15.8. The van der Waals surface area contributed by atoms with E-state index < -0.39 is 5.54 Å². The molecule has 8 heteroatoms. The van der Waals surface area contributed by atoms with Gasteiger partial charge >= 0.3 is 6.03 Å². The van der Waals surface area contributed by atoms with Crippen molar-refractivity contribution < 1.29 is 23.8 Å². The van der Waals surface area contributed by atoms with E-state index in [1.807, 2.05) is 48.5 Å². The van der Waals surface area contributed by atoms with Crippen molar-refractivity contribution in [3.63, 3.8) is 0 Å². The fourth-order valence-corrected chi connectivity index (χ4v) is 5.19. The van der Waals surface area contributed by atoms with Gasteiger partial charge in [-0.15, -0.1) is 0 Å². The van der Waals surface area contributed by atoms with Crippen LogP contribution in [-0.4, -0.2) is 86.3 Å². The van der Waals surface area contributed by atoms with Gasteiger partial charge in [0.2, 0.25) is 0 Å². The van der Waals surface area contributed by atoms with E-state index in [0.29, 0.717) is 31.7 Å². The van der Waals surface area contributed by atoms with E-state index in [9.17, 15) is 9.59 Å². The van der Waals surface area contributed by atoms with Crippen molar-refractivity contribution in [2.24, 2.45) is 0 Å². The number of likely N-dealkylation sites (tertiary alicyclic amines) is 1. The van der Waals surface area contributed by atoms with Gasteiger partial charge in [0.25, 0.3) is 5.91 Å². The summed E-state index contributed by atoms with van der Waals surface area (Å²) in [5, 5.41) is 0. The van der Waals surface area contributed by atoms with Crippen LogP contribution in [0.5, 0.6) is 11.5 Å². The molecule has 4 rings (SSSR count). The molecule has 2 aromatic rings. The molecule has 198 valence electrons. The van der Waals surface area contributed by atoms with E-state index in [-0.39, 0.29) is 18.5 Å². The van der Waals surface area contributed by atoms with Crippen LogP contribution < -0.4 is 9.47 Å². The van der Waals surface area contributed by atoms with Crippen molar-refractivity contribution in [2.45, 2.75) is 31.3 Å². The fraction of sp³-hybridized carbons (Fsp3) is 0.448. The number of carbonyl (C=O) groups is 2. The summed E-state index contributed by atoms with van der Waals surface area (Å²) in [6.45, 7) is 3.49. The van der Waals surface area contributed by atoms with Gasteiger partial charge in [0.05, 0.1) is 27.4 Å². The molecule has 0 aromatic heterocycles. The topological polar surface area (TPSA) is 71.6 Å². The van der Waals surface area contributed by atoms with Crippen molar-refractivity contribution in [1.29, 1.82) is 0 Å². The highest BCUT2D eigenvalue weighted by Gasteiger charge is 2.57. The zero-order valence-corrected chi connectivity index (χ0v) is 22.0. The highest BCUT2D eigenvalue weighted by atomic mass is 16.5. The van der Waals surface area contributed by atoms with Gasteiger partial charge < -0.3 is 24.0 Å². The minimum absolute atomic E-state index is 0.101. The van der Waals surface area contributed by atoms with Crippen molar-refractivity contribution in [3.05, 3.63) is 65.7 Å². The number of ether oxygens (including phenoxy) is 3. The zero-order valence-electron chi connectivity index (χ0n) is 22.0. The Kier molecular flexibility index (Phi) is 8.84. The highest BCUT2D eigenvalue weighted by Crippen LogP contribution is 2.38. The molecule has 2 fully saturated rings. The Balaban J connectivity index is 1.38. The standard InChI is InChI=1S/C29H37N3O5/c1-35-20-19-32-28(34)31(22-24-8-6-9-26(21-24)37-3)27(33)29(32)14-17-30(18-15-29)16-5-4-7-23-10-12-25(36-2)13-11-23/h4,6-13,21H,5,14-20,22H2,1-3H3/b7-4+. The summed E-state index contributed by atoms with van der Waals surface area (Å²) >= 11 is 0. The Morgan fingerprint density at radius 2 is 1.65 bits per heavy atom. The lowest BCUT2D eigenvalue weighted by Gasteiger charge is -2.42. The molecule has 0 atom stereocenters. The Morgan fingerprint density at radius 3 is 2.32 bits per heavy atom. The molecule has 0 saturated carbocycles. The predicted octanol–water partition coefficient (Wildman–Crippen LogP) is 4.05. The number of piperidine rings is 1. The molecular weight excluding hydrogens is 470 g/mol. The van der Waals surface area contributed by atoms with Gasteiger partial charge in [-0.05, 0) is 54.7 Å². The van der Waals surface area contributed by atoms with Crippen LogP contribution in [-0.2, 0) is 16.1 Å². The zero-order chi connectivity index (χ0) is 26.3. The minimum Gasteiger partial charge on any atom is -0.497 e. The van der Waals surface area contributed by atoms with Gasteiger partial charge in [0.1, 0.15) is 17.0 Å². The number of amides is 3. The Bertz CT molecular complexity index is 1090. The van der Waals surface area contributed by atoms with Gasteiger partial charge in [-0.1, -0.05) is 36.4 Å². The van der Waals surface area contributed by atoms with Crippen LogP contribution >= 0.6 is 0 Å². The van der Waals surface area contributed by atoms with Crippen molar-refractivity contribution in [2.75, 3.05) is 54.1 Å². The molecule has 2 heterocycles. The van der Waals surface area contributed by atoms with Crippen LogP contribution in [0.25, 0.3) is 6.08 Å². The molecule has 2 saturated heterocycles. The number of hydrogen-bond acceptors (Lipinski definition) is 6. The van der Waals surface area contributed by atoms with Crippen LogP contribution in [0.1, 0.15) is 30.4 Å². The molecule has 0 radical (unpaired) electrons. The number of benzene rings is 2. The number of carbonyl (C=O) groups excluding carboxylic acids is 2. The second-order valence-corrected chi connectivity index (χ2v) is 9.51. The maximum atomic E-state index is 13.7. The SMILES string of the molecule is COCCN1C(=O)N(Cc2cccc(OC)c2)C(=O)C12CCN(CC/C=C/c1ccc(OC)cc1)CC2. The number of methoxy groups -OCH3 is 3. The summed E-state index contributed by atoms with van der Waals surface area (Å²) in [6.07, 6.45) is 6.46. The van der Waals surface area contributed by atoms with Crippen molar-refractivity contribution in [1.82, 2.24) is 14.7 Å². The van der Waals surface area contributed by atoms with Gasteiger partial charge in [-0.2, -0.15) is 0 Å². The average Bonchev–Trinajstić information content (AvgIpc) is 3.12. The molecular formula is C29H37N3O5. The molecule has 2 aliphatic heterocycles. The van der Waals surface area contributed by atoms with Crippen LogP contribution in [0.4, 0.5) is 4.79 Å². The van der Waals surface area contributed by atoms with Crippen LogP contribution in [0.2, 0.25) is 0 Å². The molecule has 8 nitrogen and oxygen atoms in total. The van der Waals surface area contributed by atoms with Gasteiger partial charge in [0.15, 0.2) is 0 Å². The first kappa shape index (κ1) is 26.7. The quantitative estimate of drug-likeness (QED) is 0.428. The largest absolute Gasteiger partial charge is 0.497 e. The van der Waals surface area contributed by atoms with Crippen molar-refractivity contribution >= 4 is 18.0 Å². The first-order valence-corrected chi connectivity index (χ1v) is 12.8. The van der Waals surface area contributed by atoms with E-state index in [0.717, 1.165) is 42.9 Å². The minimum atomic E-state index is -0.802. The van der Waals surface area contributed by atoms with E-state index in [2.05, 4.69) is 17.1 Å². The van der Waals surface area contributed by atoms with Crippen molar-refractivity contribution in [3.8, 4) is 11.5 Å². The third-order valence-corrected chi connectivity index (χ3v) is 7.34. The summed E-state index contributed by atoms with van der Waals surface area (Å²) in [5.41, 5.74) is 1.20. The maximum Gasteiger partial charge on any atom is 0.328 e. The van der Waals surface area contributed by atoms with E-state index in [1.54, 1.807) is 26.2 Å². The summed E-state index contributed by atoms with van der Waals surface area (Å²) in [6, 6.07) is 15.3. The first-order chi connectivity index (χ1) is 18.0. The third-order valence-electron chi connectivity index (χ3n) is 7.34. The lowest BCUT2D eigenvalue weighted by molar-refractivity contribution is -0.136. The van der Waals surface area contributed by atoms with Gasteiger partial charge in [0, 0.05) is 33.3 Å². The Hall–Kier alpha value is -3.36. The maximum absolute atomic E-state index is 13.7. The third kappa shape index (κ3) is 5.97. The second kappa shape index (κ2) is 12.3. The molecule has 0 aliphatic carbocycles. The van der Waals surface area contributed by atoms with E-state index in [4.69, 9.17) is 14.2 Å². The number of imide groups is 1. The molecule has 37 heavy (non-hydrogen) atoms. The number of rotatable bonds is 11. The van der Waals surface area contributed by atoms with Gasteiger partial charge in [-0.3, -0.25) is 9.69 Å². The second-order valence-electron chi connectivity index (χ2n) is 9.51.